The fourth-order valence-corrected chi connectivity index (χ4v) is 1.87. The Labute approximate surface area is 124 Å². The van der Waals surface area contributed by atoms with Crippen molar-refractivity contribution in [1.29, 1.82) is 0 Å². The van der Waals surface area contributed by atoms with Crippen LogP contribution in [0.15, 0.2) is 30.3 Å². The summed E-state index contributed by atoms with van der Waals surface area (Å²) in [5, 5.41) is 11.7. The third-order valence-electron chi connectivity index (χ3n) is 3.00. The van der Waals surface area contributed by atoms with Crippen LogP contribution in [0.4, 0.5) is 10.5 Å². The van der Waals surface area contributed by atoms with Crippen molar-refractivity contribution >= 4 is 17.7 Å². The molecule has 0 aliphatic rings. The lowest BCUT2D eigenvalue weighted by molar-refractivity contribution is -0.145. The van der Waals surface area contributed by atoms with E-state index >= 15 is 0 Å². The van der Waals surface area contributed by atoms with Gasteiger partial charge in [0.05, 0.1) is 13.0 Å². The van der Waals surface area contributed by atoms with E-state index in [0.717, 1.165) is 0 Å². The lowest BCUT2D eigenvalue weighted by Crippen LogP contribution is -2.40. The highest BCUT2D eigenvalue weighted by atomic mass is 16.5. The second-order valence-electron chi connectivity index (χ2n) is 4.74. The van der Waals surface area contributed by atoms with Gasteiger partial charge in [-0.3, -0.25) is 4.79 Å². The first-order valence-corrected chi connectivity index (χ1v) is 6.88. The van der Waals surface area contributed by atoms with Crippen LogP contribution >= 0.6 is 0 Å². The van der Waals surface area contributed by atoms with E-state index in [1.807, 2.05) is 18.2 Å². The number of hydrogen-bond donors (Lipinski definition) is 2. The summed E-state index contributed by atoms with van der Waals surface area (Å²) in [5.41, 5.74) is 0.683. The van der Waals surface area contributed by atoms with Crippen molar-refractivity contribution in [2.45, 2.75) is 13.3 Å². The summed E-state index contributed by atoms with van der Waals surface area (Å²) in [6, 6.07) is 8.77. The maximum absolute atomic E-state index is 12.2. The summed E-state index contributed by atoms with van der Waals surface area (Å²) < 4.78 is 4.67. The summed E-state index contributed by atoms with van der Waals surface area (Å²) in [7, 11) is 1.32. The number of aliphatic hydroxyl groups is 1. The van der Waals surface area contributed by atoms with Gasteiger partial charge in [0.15, 0.2) is 0 Å². The average Bonchev–Trinajstić information content (AvgIpc) is 2.51. The summed E-state index contributed by atoms with van der Waals surface area (Å²) in [6.07, 6.45) is 0.454. The topological polar surface area (TPSA) is 78.9 Å². The number of para-hydroxylation sites is 1. The van der Waals surface area contributed by atoms with Crippen molar-refractivity contribution in [2.75, 3.05) is 32.1 Å². The van der Waals surface area contributed by atoms with E-state index in [0.29, 0.717) is 18.7 Å². The first-order valence-electron chi connectivity index (χ1n) is 6.88. The van der Waals surface area contributed by atoms with E-state index in [4.69, 9.17) is 5.11 Å². The highest BCUT2D eigenvalue weighted by Gasteiger charge is 2.21. The van der Waals surface area contributed by atoms with Crippen LogP contribution in [0.3, 0.4) is 0 Å². The zero-order valence-corrected chi connectivity index (χ0v) is 12.4. The fraction of sp³-hybridized carbons (Fsp3) is 0.467. The molecule has 0 heterocycles. The van der Waals surface area contributed by atoms with Crippen LogP contribution in [0.1, 0.15) is 13.3 Å². The molecular formula is C15H22N2O4. The number of nitrogens with zero attached hydrogens (tertiary/aromatic N) is 1. The smallest absolute Gasteiger partial charge is 0.321 e. The Morgan fingerprint density at radius 1 is 1.33 bits per heavy atom. The number of anilines is 1. The first-order chi connectivity index (χ1) is 10.1. The first kappa shape index (κ1) is 17.0. The number of carbonyl (C=O) groups excluding carboxylic acids is 2. The summed E-state index contributed by atoms with van der Waals surface area (Å²) >= 11 is 0. The molecule has 0 saturated heterocycles. The number of urea groups is 1. The molecule has 1 unspecified atom stereocenters. The molecule has 0 aliphatic heterocycles. The van der Waals surface area contributed by atoms with Gasteiger partial charge in [-0.2, -0.15) is 0 Å². The van der Waals surface area contributed by atoms with Gasteiger partial charge in [0, 0.05) is 25.4 Å². The molecule has 0 radical (unpaired) electrons. The van der Waals surface area contributed by atoms with Gasteiger partial charge in [0.2, 0.25) is 0 Å². The number of rotatable bonds is 7. The number of amides is 2. The summed E-state index contributed by atoms with van der Waals surface area (Å²) in [4.78, 5) is 25.2. The quantitative estimate of drug-likeness (QED) is 0.750. The monoisotopic (exact) mass is 294 g/mol. The van der Waals surface area contributed by atoms with Gasteiger partial charge in [-0.05, 0) is 18.6 Å². The van der Waals surface area contributed by atoms with Crippen LogP contribution in [0.2, 0.25) is 0 Å². The Kier molecular flexibility index (Phi) is 7.25. The molecule has 2 amide bonds. The second-order valence-corrected chi connectivity index (χ2v) is 4.74. The molecule has 1 atom stereocenters. The van der Waals surface area contributed by atoms with Crippen LogP contribution in [0.5, 0.6) is 0 Å². The molecule has 1 aromatic rings. The van der Waals surface area contributed by atoms with E-state index in [2.05, 4.69) is 10.1 Å². The maximum atomic E-state index is 12.2. The summed E-state index contributed by atoms with van der Waals surface area (Å²) in [5.74, 6) is -0.785. The molecule has 21 heavy (non-hydrogen) atoms. The van der Waals surface area contributed by atoms with Crippen LogP contribution in [0.25, 0.3) is 0 Å². The number of hydrogen-bond acceptors (Lipinski definition) is 4. The van der Waals surface area contributed by atoms with Crippen molar-refractivity contribution in [2.24, 2.45) is 5.92 Å². The Hall–Kier alpha value is -2.08. The van der Waals surface area contributed by atoms with Gasteiger partial charge in [0.1, 0.15) is 0 Å². The minimum Gasteiger partial charge on any atom is -0.469 e. The Morgan fingerprint density at radius 2 is 2.00 bits per heavy atom. The third-order valence-corrected chi connectivity index (χ3v) is 3.00. The molecule has 1 rings (SSSR count). The zero-order chi connectivity index (χ0) is 15.7. The maximum Gasteiger partial charge on any atom is 0.321 e. The Morgan fingerprint density at radius 3 is 2.57 bits per heavy atom. The lowest BCUT2D eigenvalue weighted by Gasteiger charge is -2.25. The second kappa shape index (κ2) is 8.97. The van der Waals surface area contributed by atoms with E-state index in [1.54, 1.807) is 19.1 Å². The normalized spacial score (nSPS) is 11.6. The Bertz CT molecular complexity index is 450. The third kappa shape index (κ3) is 5.83. The predicted molar refractivity (Wildman–Crippen MR) is 79.9 cm³/mol. The zero-order valence-electron chi connectivity index (χ0n) is 12.4. The van der Waals surface area contributed by atoms with E-state index in [-0.39, 0.29) is 25.2 Å². The van der Waals surface area contributed by atoms with Crippen LogP contribution in [-0.2, 0) is 9.53 Å². The molecule has 116 valence electrons. The van der Waals surface area contributed by atoms with Gasteiger partial charge >= 0.3 is 12.0 Å². The molecule has 2 N–H and O–H groups in total. The number of aliphatic hydroxyl groups excluding tert-OH is 1. The SMILES string of the molecule is COC(=O)C(C)CN(CCCO)C(=O)Nc1ccccc1. The molecule has 0 spiro atoms. The van der Waals surface area contributed by atoms with Crippen molar-refractivity contribution < 1.29 is 19.4 Å². The molecule has 0 saturated carbocycles. The molecule has 0 aliphatic carbocycles. The van der Waals surface area contributed by atoms with E-state index in [1.165, 1.54) is 12.0 Å². The number of carbonyl (C=O) groups is 2. The number of methoxy groups -OCH3 is 1. The highest BCUT2D eigenvalue weighted by Crippen LogP contribution is 2.09. The molecule has 0 fully saturated rings. The van der Waals surface area contributed by atoms with E-state index in [9.17, 15) is 9.59 Å². The average molecular weight is 294 g/mol. The standard InChI is InChI=1S/C15H22N2O4/c1-12(14(19)21-2)11-17(9-6-10-18)15(20)16-13-7-4-3-5-8-13/h3-5,7-8,12,18H,6,9-11H2,1-2H3,(H,16,20). The van der Waals surface area contributed by atoms with Crippen molar-refractivity contribution in [1.82, 2.24) is 4.90 Å². The van der Waals surface area contributed by atoms with Crippen LogP contribution in [-0.4, -0.2) is 48.8 Å². The van der Waals surface area contributed by atoms with Gasteiger partial charge in [-0.15, -0.1) is 0 Å². The van der Waals surface area contributed by atoms with Gasteiger partial charge in [-0.1, -0.05) is 25.1 Å². The lowest BCUT2D eigenvalue weighted by atomic mass is 10.1. The number of benzene rings is 1. The fourth-order valence-electron chi connectivity index (χ4n) is 1.87. The van der Waals surface area contributed by atoms with E-state index < -0.39 is 5.92 Å². The minimum atomic E-state index is -0.421. The van der Waals surface area contributed by atoms with Gasteiger partial charge in [-0.25, -0.2) is 4.79 Å². The van der Waals surface area contributed by atoms with Crippen LogP contribution < -0.4 is 5.32 Å². The number of ether oxygens (including phenoxy) is 1. The number of esters is 1. The minimum absolute atomic E-state index is 0.0122. The number of nitrogens with one attached hydrogen (secondary N) is 1. The molecular weight excluding hydrogens is 272 g/mol. The van der Waals surface area contributed by atoms with Gasteiger partial charge < -0.3 is 20.1 Å². The highest BCUT2D eigenvalue weighted by molar-refractivity contribution is 5.89. The summed E-state index contributed by atoms with van der Waals surface area (Å²) in [6.45, 7) is 2.30. The largest absolute Gasteiger partial charge is 0.469 e. The van der Waals surface area contributed by atoms with Crippen LogP contribution in [0, 0.1) is 5.92 Å². The molecule has 1 aromatic carbocycles. The predicted octanol–water partition coefficient (Wildman–Crippen LogP) is 1.71. The Balaban J connectivity index is 2.67. The van der Waals surface area contributed by atoms with Gasteiger partial charge in [0.25, 0.3) is 0 Å². The van der Waals surface area contributed by atoms with Crippen molar-refractivity contribution in [3.8, 4) is 0 Å². The van der Waals surface area contributed by atoms with Crippen molar-refractivity contribution in [3.63, 3.8) is 0 Å². The molecule has 0 bridgehead atoms. The molecule has 6 heteroatoms. The van der Waals surface area contributed by atoms with Crippen molar-refractivity contribution in [3.05, 3.63) is 30.3 Å². The molecule has 0 aromatic heterocycles. The molecule has 6 nitrogen and oxygen atoms in total.